The second-order valence-corrected chi connectivity index (χ2v) is 2.94. The summed E-state index contributed by atoms with van der Waals surface area (Å²) in [5.41, 5.74) is 0.942. The van der Waals surface area contributed by atoms with Gasteiger partial charge in [-0.15, -0.1) is 0 Å². The first-order valence-corrected chi connectivity index (χ1v) is 4.00. The van der Waals surface area contributed by atoms with Gasteiger partial charge in [-0.05, 0) is 30.7 Å². The average molecular weight is 181 g/mol. The number of halogens is 1. The highest BCUT2D eigenvalue weighted by Gasteiger charge is 1.89. The number of allylic oxidation sites excluding steroid dienone is 1. The fourth-order valence-electron chi connectivity index (χ4n) is 0.824. The molecule has 0 saturated heterocycles. The van der Waals surface area contributed by atoms with Crippen LogP contribution >= 0.6 is 11.6 Å². The molecule has 0 bridgehead atoms. The highest BCUT2D eigenvalue weighted by atomic mass is 35.5. The molecule has 0 radical (unpaired) electrons. The molecule has 2 heteroatoms. The van der Waals surface area contributed by atoms with Crippen molar-refractivity contribution >= 4 is 23.5 Å². The molecule has 0 heterocycles. The van der Waals surface area contributed by atoms with Crippen LogP contribution in [0.2, 0.25) is 5.02 Å². The molecule has 0 aromatic heterocycles. The number of hydrogen-bond donors (Lipinski definition) is 0. The van der Waals surface area contributed by atoms with Crippen molar-refractivity contribution in [1.29, 1.82) is 0 Å². The molecule has 1 rings (SSSR count). The Hall–Kier alpha value is -1.08. The molecular weight excluding hydrogens is 172 g/mol. The maximum atomic E-state index is 10.6. The maximum Gasteiger partial charge on any atom is 0.152 e. The topological polar surface area (TPSA) is 17.1 Å². The lowest BCUT2D eigenvalue weighted by atomic mass is 10.2. The molecule has 0 aliphatic heterocycles. The van der Waals surface area contributed by atoms with Crippen LogP contribution in [0.3, 0.4) is 0 Å². The van der Waals surface area contributed by atoms with E-state index in [1.165, 1.54) is 13.0 Å². The minimum Gasteiger partial charge on any atom is -0.295 e. The summed E-state index contributed by atoms with van der Waals surface area (Å²) in [6, 6.07) is 7.35. The van der Waals surface area contributed by atoms with Gasteiger partial charge in [0.25, 0.3) is 0 Å². The smallest absolute Gasteiger partial charge is 0.152 e. The molecule has 0 saturated carbocycles. The molecule has 0 fully saturated rings. The Kier molecular flexibility index (Phi) is 3.06. The van der Waals surface area contributed by atoms with Gasteiger partial charge in [-0.3, -0.25) is 4.79 Å². The van der Waals surface area contributed by atoms with Gasteiger partial charge < -0.3 is 0 Å². The first kappa shape index (κ1) is 9.01. The van der Waals surface area contributed by atoms with Crippen molar-refractivity contribution in [2.24, 2.45) is 0 Å². The van der Waals surface area contributed by atoms with Gasteiger partial charge in [-0.2, -0.15) is 0 Å². The molecule has 62 valence electrons. The Morgan fingerprint density at radius 1 is 1.50 bits per heavy atom. The van der Waals surface area contributed by atoms with Gasteiger partial charge >= 0.3 is 0 Å². The zero-order valence-electron chi connectivity index (χ0n) is 6.75. The quantitative estimate of drug-likeness (QED) is 0.640. The van der Waals surface area contributed by atoms with E-state index in [1.807, 2.05) is 12.1 Å². The lowest BCUT2D eigenvalue weighted by molar-refractivity contribution is -0.112. The monoisotopic (exact) mass is 180 g/mol. The fourth-order valence-corrected chi connectivity index (χ4v) is 1.02. The van der Waals surface area contributed by atoms with Crippen molar-refractivity contribution in [3.05, 3.63) is 40.9 Å². The third-order valence-corrected chi connectivity index (χ3v) is 1.59. The summed E-state index contributed by atoms with van der Waals surface area (Å²) >= 11 is 5.74. The van der Waals surface area contributed by atoms with Gasteiger partial charge in [0.05, 0.1) is 0 Å². The molecule has 12 heavy (non-hydrogen) atoms. The first-order valence-electron chi connectivity index (χ1n) is 3.63. The van der Waals surface area contributed by atoms with Crippen molar-refractivity contribution in [2.45, 2.75) is 6.92 Å². The molecule has 0 aliphatic rings. The molecule has 0 atom stereocenters. The maximum absolute atomic E-state index is 10.6. The first-order chi connectivity index (χ1) is 5.68. The Labute approximate surface area is 76.7 Å². The van der Waals surface area contributed by atoms with E-state index in [2.05, 4.69) is 0 Å². The molecular formula is C10H9ClO. The van der Waals surface area contributed by atoms with E-state index in [1.54, 1.807) is 18.2 Å². The van der Waals surface area contributed by atoms with Crippen molar-refractivity contribution in [3.63, 3.8) is 0 Å². The zero-order valence-corrected chi connectivity index (χ0v) is 7.51. The summed E-state index contributed by atoms with van der Waals surface area (Å²) in [7, 11) is 0. The standard InChI is InChI=1S/C10H9ClO/c1-8(12)5-6-9-3-2-4-10(11)7-9/h2-7H,1H3/b6-5-. The Morgan fingerprint density at radius 3 is 2.83 bits per heavy atom. The summed E-state index contributed by atoms with van der Waals surface area (Å²) < 4.78 is 0. The summed E-state index contributed by atoms with van der Waals surface area (Å²) in [6.07, 6.45) is 3.26. The molecule has 0 aliphatic carbocycles. The van der Waals surface area contributed by atoms with Gasteiger partial charge in [-0.25, -0.2) is 0 Å². The van der Waals surface area contributed by atoms with Crippen molar-refractivity contribution in [3.8, 4) is 0 Å². The Bertz CT molecular complexity index is 315. The predicted octanol–water partition coefficient (Wildman–Crippen LogP) is 2.94. The predicted molar refractivity (Wildman–Crippen MR) is 51.2 cm³/mol. The second-order valence-electron chi connectivity index (χ2n) is 2.50. The van der Waals surface area contributed by atoms with Crippen LogP contribution in [0.1, 0.15) is 12.5 Å². The van der Waals surface area contributed by atoms with Crippen molar-refractivity contribution in [1.82, 2.24) is 0 Å². The molecule has 1 aromatic carbocycles. The highest BCUT2D eigenvalue weighted by molar-refractivity contribution is 6.30. The number of benzene rings is 1. The van der Waals surface area contributed by atoms with Crippen LogP contribution in [0.4, 0.5) is 0 Å². The normalized spacial score (nSPS) is 10.5. The van der Waals surface area contributed by atoms with Gasteiger partial charge in [0.15, 0.2) is 5.78 Å². The molecule has 0 amide bonds. The van der Waals surface area contributed by atoms with Crippen LogP contribution in [0.5, 0.6) is 0 Å². The van der Waals surface area contributed by atoms with E-state index >= 15 is 0 Å². The van der Waals surface area contributed by atoms with Gasteiger partial charge in [-0.1, -0.05) is 29.8 Å². The van der Waals surface area contributed by atoms with E-state index in [0.717, 1.165) is 5.56 Å². The number of carbonyl (C=O) groups is 1. The van der Waals surface area contributed by atoms with E-state index in [-0.39, 0.29) is 5.78 Å². The van der Waals surface area contributed by atoms with Crippen LogP contribution in [-0.2, 0) is 4.79 Å². The summed E-state index contributed by atoms with van der Waals surface area (Å²) in [4.78, 5) is 10.6. The summed E-state index contributed by atoms with van der Waals surface area (Å²) in [5, 5.41) is 0.681. The van der Waals surface area contributed by atoms with Gasteiger partial charge in [0.1, 0.15) is 0 Å². The number of rotatable bonds is 2. The van der Waals surface area contributed by atoms with Gasteiger partial charge in [0, 0.05) is 5.02 Å². The SMILES string of the molecule is CC(=O)/C=C\c1cccc(Cl)c1. The van der Waals surface area contributed by atoms with Crippen LogP contribution in [0.15, 0.2) is 30.3 Å². The van der Waals surface area contributed by atoms with E-state index in [0.29, 0.717) is 5.02 Å². The lowest BCUT2D eigenvalue weighted by Crippen LogP contribution is -1.79. The minimum atomic E-state index is 0.0370. The third kappa shape index (κ3) is 2.89. The molecule has 1 aromatic rings. The summed E-state index contributed by atoms with van der Waals surface area (Å²) in [6.45, 7) is 1.51. The van der Waals surface area contributed by atoms with Crippen molar-refractivity contribution < 1.29 is 4.79 Å². The summed E-state index contributed by atoms with van der Waals surface area (Å²) in [5.74, 6) is 0.0370. The minimum absolute atomic E-state index is 0.0370. The highest BCUT2D eigenvalue weighted by Crippen LogP contribution is 2.11. The van der Waals surface area contributed by atoms with Crippen LogP contribution in [-0.4, -0.2) is 5.78 Å². The Balaban J connectivity index is 2.83. The zero-order chi connectivity index (χ0) is 8.97. The Morgan fingerprint density at radius 2 is 2.25 bits per heavy atom. The molecule has 0 unspecified atom stereocenters. The van der Waals surface area contributed by atoms with Crippen molar-refractivity contribution in [2.75, 3.05) is 0 Å². The lowest BCUT2D eigenvalue weighted by Gasteiger charge is -1.92. The van der Waals surface area contributed by atoms with Crippen LogP contribution in [0, 0.1) is 0 Å². The molecule has 1 nitrogen and oxygen atoms in total. The third-order valence-electron chi connectivity index (χ3n) is 1.36. The number of carbonyl (C=O) groups excluding carboxylic acids is 1. The van der Waals surface area contributed by atoms with Crippen LogP contribution in [0.25, 0.3) is 6.08 Å². The number of hydrogen-bond acceptors (Lipinski definition) is 1. The van der Waals surface area contributed by atoms with E-state index in [4.69, 9.17) is 11.6 Å². The average Bonchev–Trinajstić information content (AvgIpc) is 2.01. The molecule has 0 N–H and O–H groups in total. The number of ketones is 1. The van der Waals surface area contributed by atoms with E-state index in [9.17, 15) is 4.79 Å². The van der Waals surface area contributed by atoms with E-state index < -0.39 is 0 Å². The van der Waals surface area contributed by atoms with Gasteiger partial charge in [0.2, 0.25) is 0 Å². The second kappa shape index (κ2) is 4.07. The largest absolute Gasteiger partial charge is 0.295 e. The van der Waals surface area contributed by atoms with Crippen LogP contribution < -0.4 is 0 Å². The fraction of sp³-hybridized carbons (Fsp3) is 0.100. The molecule has 0 spiro atoms.